The molecule has 9 heteroatoms. The second-order valence-corrected chi connectivity index (χ2v) is 7.60. The van der Waals surface area contributed by atoms with E-state index in [4.69, 9.17) is 40.5 Å². The number of nitrogens with one attached hydrogen (secondary N) is 1. The molecule has 0 spiro atoms. The summed E-state index contributed by atoms with van der Waals surface area (Å²) < 4.78 is 13.6. The highest BCUT2D eigenvalue weighted by Gasteiger charge is 2.22. The zero-order valence-corrected chi connectivity index (χ0v) is 17.8. The van der Waals surface area contributed by atoms with Crippen molar-refractivity contribution in [3.8, 4) is 0 Å². The van der Waals surface area contributed by atoms with Crippen LogP contribution in [0.5, 0.6) is 0 Å². The van der Waals surface area contributed by atoms with Crippen LogP contribution in [0.4, 0.5) is 4.39 Å². The quantitative estimate of drug-likeness (QED) is 0.346. The Labute approximate surface area is 183 Å². The van der Waals surface area contributed by atoms with Gasteiger partial charge in [-0.2, -0.15) is 0 Å². The molecule has 2 aromatic carbocycles. The van der Waals surface area contributed by atoms with Crippen molar-refractivity contribution in [1.82, 2.24) is 5.32 Å². The Morgan fingerprint density at radius 3 is 2.48 bits per heavy atom. The maximum Gasteiger partial charge on any atom is 0.288 e. The smallest absolute Gasteiger partial charge is 0.288 e. The topological polar surface area (TPSA) is 84.5 Å². The standard InChI is InChI=1S/C20H19Cl3FN3O2/c1-11(25)26-7-6-18(14-4-3-13(21)10-16(14)23)27-20(29)19(28)9-12-2-5-15(22)17(24)8-12/h2-5,8,10,18H,6-7,9H2,1H3,(H2,25,26)(H,27,29). The lowest BCUT2D eigenvalue weighted by atomic mass is 10.0. The number of amidine groups is 1. The number of halogens is 4. The Hall–Kier alpha value is -2.15. The lowest BCUT2D eigenvalue weighted by Crippen LogP contribution is -2.35. The third kappa shape index (κ3) is 6.99. The highest BCUT2D eigenvalue weighted by molar-refractivity contribution is 6.37. The van der Waals surface area contributed by atoms with Crippen molar-refractivity contribution in [2.24, 2.45) is 10.7 Å². The van der Waals surface area contributed by atoms with Crippen LogP contribution < -0.4 is 11.1 Å². The highest BCUT2D eigenvalue weighted by Crippen LogP contribution is 2.28. The molecule has 29 heavy (non-hydrogen) atoms. The number of carbonyl (C=O) groups excluding carboxylic acids is 2. The van der Waals surface area contributed by atoms with Crippen LogP contribution in [0.3, 0.4) is 0 Å². The van der Waals surface area contributed by atoms with Crippen LogP contribution >= 0.6 is 34.8 Å². The number of rotatable bonds is 8. The third-order valence-electron chi connectivity index (χ3n) is 4.02. The number of benzene rings is 2. The van der Waals surface area contributed by atoms with Gasteiger partial charge in [-0.15, -0.1) is 0 Å². The molecular weight excluding hydrogens is 440 g/mol. The first-order valence-electron chi connectivity index (χ1n) is 8.66. The molecule has 1 atom stereocenters. The molecule has 0 aliphatic rings. The molecule has 3 N–H and O–H groups in total. The lowest BCUT2D eigenvalue weighted by Gasteiger charge is -2.19. The van der Waals surface area contributed by atoms with Crippen molar-refractivity contribution >= 4 is 52.3 Å². The van der Waals surface area contributed by atoms with Crippen molar-refractivity contribution in [3.63, 3.8) is 0 Å². The number of nitrogens with zero attached hydrogens (tertiary/aromatic N) is 1. The van der Waals surface area contributed by atoms with E-state index in [1.165, 1.54) is 12.1 Å². The number of hydrogen-bond donors (Lipinski definition) is 2. The molecule has 0 saturated carbocycles. The summed E-state index contributed by atoms with van der Waals surface area (Å²) in [7, 11) is 0. The first kappa shape index (κ1) is 23.1. The largest absolute Gasteiger partial charge is 0.388 e. The summed E-state index contributed by atoms with van der Waals surface area (Å²) in [5, 5.41) is 3.41. The molecule has 0 saturated heterocycles. The number of aliphatic imine (C=N–C) groups is 1. The van der Waals surface area contributed by atoms with Crippen molar-refractivity contribution in [3.05, 3.63) is 68.4 Å². The predicted molar refractivity (Wildman–Crippen MR) is 114 cm³/mol. The van der Waals surface area contributed by atoms with E-state index in [9.17, 15) is 14.0 Å². The molecule has 2 aromatic rings. The maximum atomic E-state index is 13.6. The number of ketones is 1. The van der Waals surface area contributed by atoms with Crippen LogP contribution in [-0.2, 0) is 16.0 Å². The molecule has 0 radical (unpaired) electrons. The second kappa shape index (κ2) is 10.6. The van der Waals surface area contributed by atoms with E-state index in [2.05, 4.69) is 10.3 Å². The van der Waals surface area contributed by atoms with Crippen LogP contribution in [0.2, 0.25) is 15.1 Å². The Morgan fingerprint density at radius 2 is 1.86 bits per heavy atom. The van der Waals surface area contributed by atoms with Gasteiger partial charge in [0.2, 0.25) is 5.78 Å². The Bertz CT molecular complexity index is 947. The zero-order valence-electron chi connectivity index (χ0n) is 15.5. The summed E-state index contributed by atoms with van der Waals surface area (Å²) in [4.78, 5) is 28.9. The van der Waals surface area contributed by atoms with E-state index in [0.717, 1.165) is 6.07 Å². The fraction of sp³-hybridized carbons (Fsp3) is 0.250. The summed E-state index contributed by atoms with van der Waals surface area (Å²) in [5.41, 5.74) is 6.49. The van der Waals surface area contributed by atoms with Gasteiger partial charge >= 0.3 is 0 Å². The van der Waals surface area contributed by atoms with E-state index in [1.807, 2.05) is 0 Å². The van der Waals surface area contributed by atoms with Crippen molar-refractivity contribution in [2.45, 2.75) is 25.8 Å². The normalized spacial score (nSPS) is 12.5. The van der Waals surface area contributed by atoms with E-state index in [1.54, 1.807) is 25.1 Å². The average Bonchev–Trinajstić information content (AvgIpc) is 2.63. The average molecular weight is 459 g/mol. The van der Waals surface area contributed by atoms with Gasteiger partial charge < -0.3 is 11.1 Å². The fourth-order valence-electron chi connectivity index (χ4n) is 2.61. The van der Waals surface area contributed by atoms with Crippen LogP contribution in [0.1, 0.15) is 30.5 Å². The maximum absolute atomic E-state index is 13.6. The van der Waals surface area contributed by atoms with Gasteiger partial charge in [-0.05, 0) is 48.7 Å². The number of nitrogens with two attached hydrogens (primary N) is 1. The summed E-state index contributed by atoms with van der Waals surface area (Å²) >= 11 is 17.8. The van der Waals surface area contributed by atoms with Gasteiger partial charge in [-0.25, -0.2) is 4.39 Å². The van der Waals surface area contributed by atoms with Gasteiger partial charge in [-0.3, -0.25) is 14.6 Å². The van der Waals surface area contributed by atoms with E-state index in [-0.39, 0.29) is 11.4 Å². The first-order valence-corrected chi connectivity index (χ1v) is 9.80. The Kier molecular flexibility index (Phi) is 8.44. The number of carbonyl (C=O) groups is 2. The van der Waals surface area contributed by atoms with Crippen LogP contribution in [-0.4, -0.2) is 24.1 Å². The van der Waals surface area contributed by atoms with Crippen molar-refractivity contribution in [2.75, 3.05) is 6.54 Å². The van der Waals surface area contributed by atoms with E-state index in [0.29, 0.717) is 40.0 Å². The minimum Gasteiger partial charge on any atom is -0.388 e. The summed E-state index contributed by atoms with van der Waals surface area (Å²) in [5.74, 6) is -1.79. The highest BCUT2D eigenvalue weighted by atomic mass is 35.5. The zero-order chi connectivity index (χ0) is 21.6. The second-order valence-electron chi connectivity index (χ2n) is 6.35. The van der Waals surface area contributed by atoms with Crippen LogP contribution in [0.25, 0.3) is 0 Å². The monoisotopic (exact) mass is 457 g/mol. The molecule has 0 bridgehead atoms. The third-order valence-corrected chi connectivity index (χ3v) is 4.89. The molecule has 2 rings (SSSR count). The van der Waals surface area contributed by atoms with Crippen LogP contribution in [0, 0.1) is 5.82 Å². The molecular formula is C20H19Cl3FN3O2. The fourth-order valence-corrected chi connectivity index (χ4v) is 3.27. The SMILES string of the molecule is CC(N)=NCCC(NC(=O)C(=O)Cc1ccc(Cl)c(F)c1)c1ccc(Cl)cc1Cl. The van der Waals surface area contributed by atoms with E-state index < -0.39 is 23.5 Å². The predicted octanol–water partition coefficient (Wildman–Crippen LogP) is 4.52. The molecule has 1 unspecified atom stereocenters. The van der Waals surface area contributed by atoms with Gasteiger partial charge in [0, 0.05) is 23.0 Å². The Balaban J connectivity index is 2.15. The van der Waals surface area contributed by atoms with Gasteiger partial charge in [0.15, 0.2) is 0 Å². The van der Waals surface area contributed by atoms with E-state index >= 15 is 0 Å². The summed E-state index contributed by atoms with van der Waals surface area (Å²) in [6.07, 6.45) is 0.103. The van der Waals surface area contributed by atoms with Gasteiger partial charge in [-0.1, -0.05) is 46.9 Å². The van der Waals surface area contributed by atoms with Gasteiger partial charge in [0.1, 0.15) is 5.82 Å². The van der Waals surface area contributed by atoms with Crippen molar-refractivity contribution in [1.29, 1.82) is 0 Å². The van der Waals surface area contributed by atoms with Gasteiger partial charge in [0.05, 0.1) is 16.9 Å². The van der Waals surface area contributed by atoms with Crippen molar-refractivity contribution < 1.29 is 14.0 Å². The minimum absolute atomic E-state index is 0.0566. The molecule has 5 nitrogen and oxygen atoms in total. The molecule has 0 aliphatic carbocycles. The number of Topliss-reactive ketones (excluding diaryl/α,β-unsaturated/α-hetero) is 1. The van der Waals surface area contributed by atoms with Gasteiger partial charge in [0.25, 0.3) is 5.91 Å². The number of hydrogen-bond acceptors (Lipinski definition) is 3. The molecule has 0 fully saturated rings. The Morgan fingerprint density at radius 1 is 1.14 bits per heavy atom. The molecule has 154 valence electrons. The summed E-state index contributed by atoms with van der Waals surface area (Å²) in [6, 6.07) is 8.23. The number of amides is 1. The minimum atomic E-state index is -0.815. The molecule has 0 heterocycles. The molecule has 0 aliphatic heterocycles. The van der Waals surface area contributed by atoms with Crippen LogP contribution in [0.15, 0.2) is 41.4 Å². The summed E-state index contributed by atoms with van der Waals surface area (Å²) in [6.45, 7) is 1.97. The lowest BCUT2D eigenvalue weighted by molar-refractivity contribution is -0.138. The first-order chi connectivity index (χ1) is 13.7. The molecule has 0 aromatic heterocycles. The molecule has 1 amide bonds.